The third-order valence-corrected chi connectivity index (χ3v) is 5.79. The van der Waals surface area contributed by atoms with Crippen molar-refractivity contribution in [1.29, 1.82) is 0 Å². The van der Waals surface area contributed by atoms with Crippen molar-refractivity contribution in [3.05, 3.63) is 53.7 Å². The largest absolute Gasteiger partial charge is 0.478 e. The summed E-state index contributed by atoms with van der Waals surface area (Å²) in [5.74, 6) is -1.12. The number of benzene rings is 1. The van der Waals surface area contributed by atoms with Crippen LogP contribution in [0.5, 0.6) is 5.88 Å². The van der Waals surface area contributed by atoms with Gasteiger partial charge in [0.25, 0.3) is 0 Å². The number of hydrogen-bond donors (Lipinski definition) is 0. The standard InChI is InChI=1S/C17H18F2N2O3S/c1-2-24-17-8-7-15(10-20-17)25(22,23)21(14-5-6-14)11-12-3-4-13(18)9-16(12)19/h3-4,7-10,14H,2,5-6,11H2,1H3. The van der Waals surface area contributed by atoms with Crippen molar-refractivity contribution < 1.29 is 21.9 Å². The molecule has 0 saturated heterocycles. The van der Waals surface area contributed by atoms with E-state index in [2.05, 4.69) is 4.98 Å². The summed E-state index contributed by atoms with van der Waals surface area (Å²) in [6, 6.07) is 5.87. The topological polar surface area (TPSA) is 59.5 Å². The van der Waals surface area contributed by atoms with Crippen LogP contribution in [0.3, 0.4) is 0 Å². The van der Waals surface area contributed by atoms with Crippen LogP contribution in [-0.4, -0.2) is 30.4 Å². The van der Waals surface area contributed by atoms with Gasteiger partial charge in [-0.1, -0.05) is 6.07 Å². The lowest BCUT2D eigenvalue weighted by molar-refractivity contribution is 0.326. The van der Waals surface area contributed by atoms with Gasteiger partial charge in [0.2, 0.25) is 15.9 Å². The molecule has 134 valence electrons. The van der Waals surface area contributed by atoms with Crippen molar-refractivity contribution >= 4 is 10.0 Å². The highest BCUT2D eigenvalue weighted by Crippen LogP contribution is 2.34. The third-order valence-electron chi connectivity index (χ3n) is 3.90. The fraction of sp³-hybridized carbons (Fsp3) is 0.353. The Morgan fingerprint density at radius 2 is 2.00 bits per heavy atom. The summed E-state index contributed by atoms with van der Waals surface area (Å²) in [6.45, 7) is 2.09. The highest BCUT2D eigenvalue weighted by Gasteiger charge is 2.38. The first-order valence-electron chi connectivity index (χ1n) is 7.96. The molecule has 0 aliphatic heterocycles. The molecule has 0 amide bonds. The smallest absolute Gasteiger partial charge is 0.245 e. The van der Waals surface area contributed by atoms with Gasteiger partial charge in [0.05, 0.1) is 12.8 Å². The zero-order valence-corrected chi connectivity index (χ0v) is 14.5. The minimum Gasteiger partial charge on any atom is -0.478 e. The summed E-state index contributed by atoms with van der Waals surface area (Å²) in [4.78, 5) is 4.00. The Bertz CT molecular complexity index is 853. The summed E-state index contributed by atoms with van der Waals surface area (Å²) < 4.78 is 59.3. The SMILES string of the molecule is CCOc1ccc(S(=O)(=O)N(Cc2ccc(F)cc2F)C2CC2)cn1. The van der Waals surface area contributed by atoms with Gasteiger partial charge < -0.3 is 4.74 Å². The Kier molecular flexibility index (Phi) is 5.01. The van der Waals surface area contributed by atoms with E-state index in [4.69, 9.17) is 4.74 Å². The van der Waals surface area contributed by atoms with Gasteiger partial charge in [-0.2, -0.15) is 4.31 Å². The van der Waals surface area contributed by atoms with Crippen molar-refractivity contribution in [2.75, 3.05) is 6.61 Å². The molecule has 3 rings (SSSR count). The molecule has 1 fully saturated rings. The second-order valence-electron chi connectivity index (χ2n) is 5.78. The van der Waals surface area contributed by atoms with Gasteiger partial charge in [-0.05, 0) is 31.9 Å². The van der Waals surface area contributed by atoms with Crippen LogP contribution in [0.15, 0.2) is 41.4 Å². The Morgan fingerprint density at radius 1 is 1.24 bits per heavy atom. The lowest BCUT2D eigenvalue weighted by atomic mass is 10.2. The van der Waals surface area contributed by atoms with Gasteiger partial charge >= 0.3 is 0 Å². The van der Waals surface area contributed by atoms with Crippen LogP contribution in [0.1, 0.15) is 25.3 Å². The van der Waals surface area contributed by atoms with E-state index in [0.717, 1.165) is 12.1 Å². The van der Waals surface area contributed by atoms with Crippen LogP contribution in [0, 0.1) is 11.6 Å². The monoisotopic (exact) mass is 368 g/mol. The van der Waals surface area contributed by atoms with E-state index < -0.39 is 21.7 Å². The molecule has 0 N–H and O–H groups in total. The number of rotatable bonds is 7. The van der Waals surface area contributed by atoms with Crippen molar-refractivity contribution in [3.63, 3.8) is 0 Å². The summed E-state index contributed by atoms with van der Waals surface area (Å²) >= 11 is 0. The zero-order valence-electron chi connectivity index (χ0n) is 13.7. The van der Waals surface area contributed by atoms with Crippen molar-refractivity contribution in [1.82, 2.24) is 9.29 Å². The molecule has 0 bridgehead atoms. The van der Waals surface area contributed by atoms with Gasteiger partial charge in [-0.25, -0.2) is 22.2 Å². The Morgan fingerprint density at radius 3 is 2.56 bits per heavy atom. The minimum absolute atomic E-state index is 0.0189. The molecule has 2 aromatic rings. The van der Waals surface area contributed by atoms with Crippen LogP contribution in [-0.2, 0) is 16.6 Å². The molecule has 0 atom stereocenters. The highest BCUT2D eigenvalue weighted by atomic mass is 32.2. The molecule has 8 heteroatoms. The molecule has 1 saturated carbocycles. The Labute approximate surface area is 145 Å². The number of pyridine rings is 1. The first-order valence-corrected chi connectivity index (χ1v) is 9.40. The molecule has 25 heavy (non-hydrogen) atoms. The maximum atomic E-state index is 13.9. The lowest BCUT2D eigenvalue weighted by Gasteiger charge is -2.22. The number of halogens is 2. The van der Waals surface area contributed by atoms with Crippen LogP contribution in [0.2, 0.25) is 0 Å². The summed E-state index contributed by atoms with van der Waals surface area (Å²) in [5.41, 5.74) is 0.135. The van der Waals surface area contributed by atoms with Gasteiger partial charge in [-0.3, -0.25) is 0 Å². The maximum absolute atomic E-state index is 13.9. The van der Waals surface area contributed by atoms with E-state index >= 15 is 0 Å². The van der Waals surface area contributed by atoms with E-state index in [1.807, 2.05) is 0 Å². The summed E-state index contributed by atoms with van der Waals surface area (Å²) in [6.07, 6.45) is 2.66. The second kappa shape index (κ2) is 7.05. The van der Waals surface area contributed by atoms with Crippen LogP contribution in [0.4, 0.5) is 8.78 Å². The van der Waals surface area contributed by atoms with Gasteiger partial charge in [0, 0.05) is 30.3 Å². The highest BCUT2D eigenvalue weighted by molar-refractivity contribution is 7.89. The van der Waals surface area contributed by atoms with Crippen LogP contribution in [0.25, 0.3) is 0 Å². The molecule has 0 radical (unpaired) electrons. The molecule has 1 heterocycles. The molecule has 0 unspecified atom stereocenters. The van der Waals surface area contributed by atoms with Gasteiger partial charge in [-0.15, -0.1) is 0 Å². The quantitative estimate of drug-likeness (QED) is 0.753. The number of ether oxygens (including phenoxy) is 1. The number of sulfonamides is 1. The second-order valence-corrected chi connectivity index (χ2v) is 7.67. The van der Waals surface area contributed by atoms with E-state index in [0.29, 0.717) is 25.3 Å². The minimum atomic E-state index is -3.84. The van der Waals surface area contributed by atoms with E-state index in [-0.39, 0.29) is 23.0 Å². The van der Waals surface area contributed by atoms with E-state index in [1.54, 1.807) is 6.92 Å². The Hall–Kier alpha value is -2.06. The maximum Gasteiger partial charge on any atom is 0.245 e. The predicted octanol–water partition coefficient (Wildman–Crippen LogP) is 3.11. The molecule has 1 aliphatic carbocycles. The Balaban J connectivity index is 1.88. The van der Waals surface area contributed by atoms with Crippen molar-refractivity contribution in [2.45, 2.75) is 37.2 Å². The molecule has 0 spiro atoms. The van der Waals surface area contributed by atoms with E-state index in [1.165, 1.54) is 28.7 Å². The molecular formula is C17H18F2N2O3S. The molecular weight excluding hydrogens is 350 g/mol. The lowest BCUT2D eigenvalue weighted by Crippen LogP contribution is -2.33. The molecule has 5 nitrogen and oxygen atoms in total. The first kappa shape index (κ1) is 17.8. The molecule has 1 aromatic heterocycles. The molecule has 1 aliphatic rings. The molecule has 1 aromatic carbocycles. The number of hydrogen-bond acceptors (Lipinski definition) is 4. The average Bonchev–Trinajstić information content (AvgIpc) is 3.39. The van der Waals surface area contributed by atoms with Crippen molar-refractivity contribution in [3.8, 4) is 5.88 Å². The summed E-state index contributed by atoms with van der Waals surface area (Å²) in [7, 11) is -3.84. The fourth-order valence-electron chi connectivity index (χ4n) is 2.48. The van der Waals surface area contributed by atoms with Crippen LogP contribution < -0.4 is 4.74 Å². The third kappa shape index (κ3) is 3.96. The van der Waals surface area contributed by atoms with Gasteiger partial charge in [0.15, 0.2) is 0 Å². The normalized spacial score (nSPS) is 14.7. The first-order chi connectivity index (χ1) is 11.9. The zero-order chi connectivity index (χ0) is 18.0. The number of aromatic nitrogens is 1. The summed E-state index contributed by atoms with van der Waals surface area (Å²) in [5, 5.41) is 0. The van der Waals surface area contributed by atoms with Crippen molar-refractivity contribution in [2.24, 2.45) is 0 Å². The fourth-order valence-corrected chi connectivity index (χ4v) is 4.09. The average molecular weight is 368 g/mol. The number of nitrogens with zero attached hydrogens (tertiary/aromatic N) is 2. The van der Waals surface area contributed by atoms with Gasteiger partial charge in [0.1, 0.15) is 16.5 Å². The predicted molar refractivity (Wildman–Crippen MR) is 87.5 cm³/mol. The van der Waals surface area contributed by atoms with Crippen LogP contribution >= 0.6 is 0 Å². The van der Waals surface area contributed by atoms with E-state index in [9.17, 15) is 17.2 Å².